The van der Waals surface area contributed by atoms with Crippen LogP contribution in [0.3, 0.4) is 0 Å². The van der Waals surface area contributed by atoms with Crippen molar-refractivity contribution in [2.24, 2.45) is 5.73 Å². The third kappa shape index (κ3) is 3.34. The van der Waals surface area contributed by atoms with Gasteiger partial charge in [-0.2, -0.15) is 0 Å². The molecule has 0 saturated heterocycles. The largest absolute Gasteiger partial charge is 0.487 e. The minimum Gasteiger partial charge on any atom is -0.487 e. The molecule has 0 saturated carbocycles. The molecule has 0 amide bonds. The van der Waals surface area contributed by atoms with Crippen molar-refractivity contribution in [3.05, 3.63) is 64.2 Å². The summed E-state index contributed by atoms with van der Waals surface area (Å²) < 4.78 is 5.66. The highest BCUT2D eigenvalue weighted by molar-refractivity contribution is 6.32. The first-order valence-electron chi connectivity index (χ1n) is 5.89. The van der Waals surface area contributed by atoms with Gasteiger partial charge in [-0.05, 0) is 29.3 Å². The Balaban J connectivity index is 2.12. The van der Waals surface area contributed by atoms with Gasteiger partial charge in [0.2, 0.25) is 0 Å². The molecule has 0 heterocycles. The molecule has 0 spiro atoms. The molecule has 4 heteroatoms. The van der Waals surface area contributed by atoms with Crippen molar-refractivity contribution in [2.75, 3.05) is 0 Å². The first kappa shape index (κ1) is 13.6. The quantitative estimate of drug-likeness (QED) is 0.853. The highest BCUT2D eigenvalue weighted by Gasteiger charge is 2.05. The van der Waals surface area contributed by atoms with Gasteiger partial charge in [0.05, 0.1) is 5.02 Å². The number of carbonyl (C=O) groups excluding carboxylic acids is 1. The molecular formula is C15H14ClNO2. The van der Waals surface area contributed by atoms with Crippen molar-refractivity contribution < 1.29 is 9.53 Å². The monoisotopic (exact) mass is 275 g/mol. The number of rotatable bonds is 5. The molecule has 2 aromatic carbocycles. The van der Waals surface area contributed by atoms with E-state index in [0.29, 0.717) is 29.5 Å². The van der Waals surface area contributed by atoms with E-state index in [4.69, 9.17) is 22.1 Å². The van der Waals surface area contributed by atoms with Gasteiger partial charge < -0.3 is 10.5 Å². The number of hydrogen-bond donors (Lipinski definition) is 1. The van der Waals surface area contributed by atoms with Crippen molar-refractivity contribution in [1.82, 2.24) is 0 Å². The van der Waals surface area contributed by atoms with Gasteiger partial charge in [0.15, 0.2) is 0 Å². The lowest BCUT2D eigenvalue weighted by atomic mass is 10.1. The molecule has 0 aliphatic heterocycles. The Morgan fingerprint density at radius 1 is 1.16 bits per heavy atom. The maximum atomic E-state index is 10.6. The molecule has 2 N–H and O–H groups in total. The van der Waals surface area contributed by atoms with E-state index >= 15 is 0 Å². The number of ether oxygens (including phenoxy) is 1. The maximum absolute atomic E-state index is 10.6. The van der Waals surface area contributed by atoms with Crippen LogP contribution in [0.2, 0.25) is 5.02 Å². The minimum atomic E-state index is 0.396. The summed E-state index contributed by atoms with van der Waals surface area (Å²) in [5.41, 5.74) is 8.27. The van der Waals surface area contributed by atoms with Crippen LogP contribution in [-0.2, 0) is 13.2 Å². The van der Waals surface area contributed by atoms with E-state index in [1.807, 2.05) is 24.3 Å². The fraction of sp³-hybridized carbons (Fsp3) is 0.133. The van der Waals surface area contributed by atoms with Gasteiger partial charge in [-0.25, -0.2) is 0 Å². The number of carbonyl (C=O) groups is 1. The summed E-state index contributed by atoms with van der Waals surface area (Å²) in [7, 11) is 0. The summed E-state index contributed by atoms with van der Waals surface area (Å²) in [5.74, 6) is 0.555. The number of halogens is 1. The van der Waals surface area contributed by atoms with Crippen LogP contribution in [0, 0.1) is 0 Å². The molecule has 0 aromatic heterocycles. The van der Waals surface area contributed by atoms with Crippen molar-refractivity contribution in [3.63, 3.8) is 0 Å². The molecule has 0 atom stereocenters. The molecule has 0 radical (unpaired) electrons. The second kappa shape index (κ2) is 6.36. The molecule has 98 valence electrons. The van der Waals surface area contributed by atoms with Gasteiger partial charge in [-0.15, -0.1) is 0 Å². The smallest absolute Gasteiger partial charge is 0.150 e. The van der Waals surface area contributed by atoms with Gasteiger partial charge in [0.25, 0.3) is 0 Å². The lowest BCUT2D eigenvalue weighted by molar-refractivity contribution is 0.112. The molecule has 0 bridgehead atoms. The van der Waals surface area contributed by atoms with E-state index in [0.717, 1.165) is 17.4 Å². The highest BCUT2D eigenvalue weighted by Crippen LogP contribution is 2.26. The van der Waals surface area contributed by atoms with Gasteiger partial charge in [-0.3, -0.25) is 4.79 Å². The van der Waals surface area contributed by atoms with Gasteiger partial charge in [0.1, 0.15) is 18.6 Å². The third-order valence-corrected chi connectivity index (χ3v) is 3.11. The molecule has 19 heavy (non-hydrogen) atoms. The van der Waals surface area contributed by atoms with Crippen molar-refractivity contribution in [3.8, 4) is 5.75 Å². The molecule has 2 rings (SSSR count). The molecule has 0 aliphatic carbocycles. The topological polar surface area (TPSA) is 52.3 Å². The van der Waals surface area contributed by atoms with E-state index < -0.39 is 0 Å². The first-order valence-corrected chi connectivity index (χ1v) is 6.26. The highest BCUT2D eigenvalue weighted by atomic mass is 35.5. The van der Waals surface area contributed by atoms with E-state index in [9.17, 15) is 4.79 Å². The minimum absolute atomic E-state index is 0.396. The van der Waals surface area contributed by atoms with Crippen LogP contribution in [-0.4, -0.2) is 6.29 Å². The van der Waals surface area contributed by atoms with Crippen LogP contribution in [0.5, 0.6) is 5.75 Å². The zero-order valence-electron chi connectivity index (χ0n) is 10.3. The van der Waals surface area contributed by atoms with E-state index in [1.165, 1.54) is 0 Å². The maximum Gasteiger partial charge on any atom is 0.150 e. The summed E-state index contributed by atoms with van der Waals surface area (Å²) in [6.45, 7) is 0.866. The number of hydrogen-bond acceptors (Lipinski definition) is 3. The van der Waals surface area contributed by atoms with Crippen LogP contribution in [0.1, 0.15) is 21.5 Å². The van der Waals surface area contributed by atoms with Gasteiger partial charge in [-0.1, -0.05) is 35.9 Å². The Bertz CT molecular complexity index is 584. The molecule has 3 nitrogen and oxygen atoms in total. The predicted molar refractivity (Wildman–Crippen MR) is 75.5 cm³/mol. The summed E-state index contributed by atoms with van der Waals surface area (Å²) in [6, 6.07) is 12.8. The lowest BCUT2D eigenvalue weighted by Gasteiger charge is -2.11. The Kier molecular flexibility index (Phi) is 4.55. The van der Waals surface area contributed by atoms with E-state index in [-0.39, 0.29) is 0 Å². The molecule has 0 unspecified atom stereocenters. The van der Waals surface area contributed by atoms with Crippen molar-refractivity contribution in [2.45, 2.75) is 13.2 Å². The standard InChI is InChI=1S/C15H14ClNO2/c16-14-7-11(9-18)5-6-15(14)19-10-13-4-2-1-3-12(13)8-17/h1-7,9H,8,10,17H2. The SMILES string of the molecule is NCc1ccccc1COc1ccc(C=O)cc1Cl. The van der Waals surface area contributed by atoms with Crippen LogP contribution in [0.4, 0.5) is 0 Å². The molecule has 0 aliphatic rings. The Hall–Kier alpha value is -1.84. The first-order chi connectivity index (χ1) is 9.24. The van der Waals surface area contributed by atoms with Gasteiger partial charge >= 0.3 is 0 Å². The molecular weight excluding hydrogens is 262 g/mol. The second-order valence-electron chi connectivity index (χ2n) is 4.07. The van der Waals surface area contributed by atoms with Crippen LogP contribution >= 0.6 is 11.6 Å². The van der Waals surface area contributed by atoms with E-state index in [1.54, 1.807) is 18.2 Å². The van der Waals surface area contributed by atoms with Crippen molar-refractivity contribution in [1.29, 1.82) is 0 Å². The normalized spacial score (nSPS) is 10.2. The Morgan fingerprint density at radius 3 is 2.53 bits per heavy atom. The number of aldehydes is 1. The average Bonchev–Trinajstić information content (AvgIpc) is 2.46. The summed E-state index contributed by atoms with van der Waals surface area (Å²) in [4.78, 5) is 10.6. The zero-order valence-corrected chi connectivity index (χ0v) is 11.1. The van der Waals surface area contributed by atoms with Crippen molar-refractivity contribution >= 4 is 17.9 Å². The summed E-state index contributed by atoms with van der Waals surface area (Å²) >= 11 is 6.04. The Morgan fingerprint density at radius 2 is 1.89 bits per heavy atom. The molecule has 0 fully saturated rings. The number of nitrogens with two attached hydrogens (primary N) is 1. The lowest BCUT2D eigenvalue weighted by Crippen LogP contribution is -2.04. The summed E-state index contributed by atoms with van der Waals surface area (Å²) in [5, 5.41) is 0.426. The summed E-state index contributed by atoms with van der Waals surface area (Å²) in [6.07, 6.45) is 0.749. The van der Waals surface area contributed by atoms with Gasteiger partial charge in [0, 0.05) is 12.1 Å². The van der Waals surface area contributed by atoms with E-state index in [2.05, 4.69) is 0 Å². The third-order valence-electron chi connectivity index (χ3n) is 2.81. The van der Waals surface area contributed by atoms with Crippen LogP contribution in [0.15, 0.2) is 42.5 Å². The van der Waals surface area contributed by atoms with Crippen LogP contribution < -0.4 is 10.5 Å². The van der Waals surface area contributed by atoms with Crippen LogP contribution in [0.25, 0.3) is 0 Å². The fourth-order valence-corrected chi connectivity index (χ4v) is 2.00. The molecule has 2 aromatic rings. The fourth-order valence-electron chi connectivity index (χ4n) is 1.76. The predicted octanol–water partition coefficient (Wildman–Crippen LogP) is 3.19. The Labute approximate surface area is 117 Å². The average molecular weight is 276 g/mol. The zero-order chi connectivity index (χ0) is 13.7. The number of benzene rings is 2. The second-order valence-corrected chi connectivity index (χ2v) is 4.48.